The molecule has 0 atom stereocenters. The van der Waals surface area contributed by atoms with Gasteiger partial charge in [0.1, 0.15) is 0 Å². The first-order chi connectivity index (χ1) is 11.4. The number of nitrogens with one attached hydrogen (secondary N) is 3. The second-order valence-electron chi connectivity index (χ2n) is 4.60. The minimum atomic E-state index is 1.03. The summed E-state index contributed by atoms with van der Waals surface area (Å²) in [6.45, 7) is 0. The number of fused-ring (bicyclic) bond motifs is 2. The van der Waals surface area contributed by atoms with Gasteiger partial charge in [0.2, 0.25) is 0 Å². The molecule has 114 valence electrons. The largest absolute Gasteiger partial charge is 0.351 e. The SMILES string of the molecule is c1c[nH]cn1.c1ccc2[nH]cnc2c1.c1ccc2[nH]cnc2c1. The van der Waals surface area contributed by atoms with Gasteiger partial charge >= 0.3 is 0 Å². The minimum Gasteiger partial charge on any atom is -0.351 e. The standard InChI is InChI=1S/2C7H6N2.C3H4N2/c2*1-2-4-7-6(3-1)8-5-9-7;1-2-5-3-4-1/h2*1-5H,(H,8,9);1-3H,(H,4,5). The van der Waals surface area contributed by atoms with Crippen LogP contribution in [0.25, 0.3) is 22.1 Å². The van der Waals surface area contributed by atoms with E-state index < -0.39 is 0 Å². The van der Waals surface area contributed by atoms with Gasteiger partial charge in [-0.1, -0.05) is 24.3 Å². The molecule has 0 bridgehead atoms. The van der Waals surface area contributed by atoms with Crippen molar-refractivity contribution in [2.24, 2.45) is 0 Å². The van der Waals surface area contributed by atoms with E-state index in [-0.39, 0.29) is 0 Å². The highest BCUT2D eigenvalue weighted by molar-refractivity contribution is 5.74. The molecule has 23 heavy (non-hydrogen) atoms. The number of aromatic nitrogens is 6. The summed E-state index contributed by atoms with van der Waals surface area (Å²) in [6.07, 6.45) is 8.48. The number of H-pyrrole nitrogens is 3. The Morgan fingerprint density at radius 3 is 1.61 bits per heavy atom. The quantitative estimate of drug-likeness (QED) is 0.409. The van der Waals surface area contributed by atoms with Gasteiger partial charge in [-0.15, -0.1) is 0 Å². The van der Waals surface area contributed by atoms with Gasteiger partial charge in [-0.25, -0.2) is 15.0 Å². The average molecular weight is 304 g/mol. The summed E-state index contributed by atoms with van der Waals surface area (Å²) in [6, 6.07) is 15.9. The van der Waals surface area contributed by atoms with Crippen LogP contribution < -0.4 is 0 Å². The van der Waals surface area contributed by atoms with Gasteiger partial charge in [0.05, 0.1) is 41.0 Å². The van der Waals surface area contributed by atoms with Crippen LogP contribution >= 0.6 is 0 Å². The number of hydrogen-bond donors (Lipinski definition) is 3. The Morgan fingerprint density at radius 1 is 0.652 bits per heavy atom. The third-order valence-corrected chi connectivity index (χ3v) is 3.06. The molecule has 5 aromatic rings. The predicted molar refractivity (Wildman–Crippen MR) is 90.8 cm³/mol. The fourth-order valence-corrected chi connectivity index (χ4v) is 1.97. The fourth-order valence-electron chi connectivity index (χ4n) is 1.97. The molecule has 3 heterocycles. The normalized spacial score (nSPS) is 9.74. The topological polar surface area (TPSA) is 86.0 Å². The summed E-state index contributed by atoms with van der Waals surface area (Å²) < 4.78 is 0. The van der Waals surface area contributed by atoms with Crippen molar-refractivity contribution < 1.29 is 0 Å². The number of nitrogens with zero attached hydrogens (tertiary/aromatic N) is 3. The lowest BCUT2D eigenvalue weighted by Crippen LogP contribution is -1.63. The monoisotopic (exact) mass is 304 g/mol. The summed E-state index contributed by atoms with van der Waals surface area (Å²) in [5, 5.41) is 0. The van der Waals surface area contributed by atoms with Crippen LogP contribution in [-0.2, 0) is 0 Å². The third-order valence-electron chi connectivity index (χ3n) is 3.06. The Labute approximate surface area is 132 Å². The van der Waals surface area contributed by atoms with E-state index in [1.807, 2.05) is 48.5 Å². The number of para-hydroxylation sites is 4. The Morgan fingerprint density at radius 2 is 1.22 bits per heavy atom. The molecule has 3 aromatic heterocycles. The van der Waals surface area contributed by atoms with Crippen LogP contribution in [-0.4, -0.2) is 29.9 Å². The van der Waals surface area contributed by atoms with E-state index in [2.05, 4.69) is 29.9 Å². The van der Waals surface area contributed by atoms with E-state index in [0.29, 0.717) is 0 Å². The molecule has 0 radical (unpaired) electrons. The van der Waals surface area contributed by atoms with Gasteiger partial charge in [0.25, 0.3) is 0 Å². The third kappa shape index (κ3) is 4.04. The van der Waals surface area contributed by atoms with Crippen LogP contribution in [0.3, 0.4) is 0 Å². The lowest BCUT2D eigenvalue weighted by molar-refractivity contribution is 1.31. The number of aromatic amines is 3. The second-order valence-corrected chi connectivity index (χ2v) is 4.60. The van der Waals surface area contributed by atoms with E-state index in [1.54, 1.807) is 31.4 Å². The van der Waals surface area contributed by atoms with Gasteiger partial charge in [0, 0.05) is 12.4 Å². The smallest absolute Gasteiger partial charge is 0.0931 e. The zero-order valence-electron chi connectivity index (χ0n) is 12.3. The van der Waals surface area contributed by atoms with Gasteiger partial charge in [-0.05, 0) is 24.3 Å². The van der Waals surface area contributed by atoms with E-state index in [0.717, 1.165) is 22.1 Å². The Balaban J connectivity index is 0.000000107. The van der Waals surface area contributed by atoms with Crippen LogP contribution in [0.2, 0.25) is 0 Å². The maximum Gasteiger partial charge on any atom is 0.0931 e. The van der Waals surface area contributed by atoms with E-state index >= 15 is 0 Å². The molecule has 0 aliphatic rings. The summed E-state index contributed by atoms with van der Waals surface area (Å²) in [7, 11) is 0. The zero-order chi connectivity index (χ0) is 15.7. The summed E-state index contributed by atoms with van der Waals surface area (Å²) in [5.74, 6) is 0. The first-order valence-electron chi connectivity index (χ1n) is 7.12. The average Bonchev–Trinajstić information content (AvgIpc) is 3.37. The van der Waals surface area contributed by atoms with Crippen molar-refractivity contribution >= 4 is 22.1 Å². The molecule has 0 amide bonds. The van der Waals surface area contributed by atoms with Crippen LogP contribution in [0.1, 0.15) is 0 Å². The van der Waals surface area contributed by atoms with Crippen LogP contribution in [0.5, 0.6) is 0 Å². The summed E-state index contributed by atoms with van der Waals surface area (Å²) in [5.41, 5.74) is 4.24. The second kappa shape index (κ2) is 7.56. The Kier molecular flexibility index (Phi) is 4.77. The molecule has 0 spiro atoms. The lowest BCUT2D eigenvalue weighted by atomic mass is 10.3. The van der Waals surface area contributed by atoms with Crippen LogP contribution in [0.15, 0.2) is 79.9 Å². The van der Waals surface area contributed by atoms with E-state index in [1.165, 1.54) is 0 Å². The maximum atomic E-state index is 4.06. The molecular weight excluding hydrogens is 288 g/mol. The van der Waals surface area contributed by atoms with Crippen molar-refractivity contribution in [1.82, 2.24) is 29.9 Å². The van der Waals surface area contributed by atoms with E-state index in [9.17, 15) is 0 Å². The molecule has 0 unspecified atom stereocenters. The van der Waals surface area contributed by atoms with Crippen molar-refractivity contribution in [3.05, 3.63) is 79.9 Å². The highest BCUT2D eigenvalue weighted by atomic mass is 14.9. The van der Waals surface area contributed by atoms with Crippen molar-refractivity contribution in [2.75, 3.05) is 0 Å². The first-order valence-corrected chi connectivity index (χ1v) is 7.12. The maximum absolute atomic E-state index is 4.06. The van der Waals surface area contributed by atoms with Gasteiger partial charge in [-0.2, -0.15) is 0 Å². The molecule has 2 aromatic carbocycles. The van der Waals surface area contributed by atoms with Crippen molar-refractivity contribution in [2.45, 2.75) is 0 Å². The highest BCUT2D eigenvalue weighted by Gasteiger charge is 1.89. The fraction of sp³-hybridized carbons (Fsp3) is 0. The number of rotatable bonds is 0. The number of benzene rings is 2. The van der Waals surface area contributed by atoms with Crippen molar-refractivity contribution in [1.29, 1.82) is 0 Å². The molecule has 0 saturated heterocycles. The number of imidazole rings is 3. The molecule has 0 fully saturated rings. The van der Waals surface area contributed by atoms with Crippen LogP contribution in [0.4, 0.5) is 0 Å². The molecule has 5 rings (SSSR count). The Bertz CT molecular complexity index is 792. The molecular formula is C17H16N6. The molecule has 3 N–H and O–H groups in total. The predicted octanol–water partition coefficient (Wildman–Crippen LogP) is 3.54. The van der Waals surface area contributed by atoms with Gasteiger partial charge < -0.3 is 15.0 Å². The molecule has 0 aliphatic carbocycles. The lowest BCUT2D eigenvalue weighted by Gasteiger charge is -1.81. The molecule has 6 heteroatoms. The summed E-state index contributed by atoms with van der Waals surface area (Å²) >= 11 is 0. The van der Waals surface area contributed by atoms with Gasteiger partial charge in [-0.3, -0.25) is 0 Å². The van der Waals surface area contributed by atoms with Crippen molar-refractivity contribution in [3.8, 4) is 0 Å². The van der Waals surface area contributed by atoms with Crippen LogP contribution in [0, 0.1) is 0 Å². The molecule has 6 nitrogen and oxygen atoms in total. The Hall–Kier alpha value is -3.41. The van der Waals surface area contributed by atoms with E-state index in [4.69, 9.17) is 0 Å². The zero-order valence-corrected chi connectivity index (χ0v) is 12.3. The molecule has 0 saturated carbocycles. The van der Waals surface area contributed by atoms with Crippen molar-refractivity contribution in [3.63, 3.8) is 0 Å². The highest BCUT2D eigenvalue weighted by Crippen LogP contribution is 2.06. The first kappa shape index (κ1) is 14.5. The molecule has 0 aliphatic heterocycles. The van der Waals surface area contributed by atoms with Gasteiger partial charge in [0.15, 0.2) is 0 Å². The summed E-state index contributed by atoms with van der Waals surface area (Å²) in [4.78, 5) is 20.6. The number of hydrogen-bond acceptors (Lipinski definition) is 3. The minimum absolute atomic E-state index is 1.03.